The molecule has 0 aliphatic carbocycles. The lowest BCUT2D eigenvalue weighted by atomic mass is 9.91. The smallest absolute Gasteiger partial charge is 0.307 e. The minimum atomic E-state index is -3.77. The average Bonchev–Trinajstić information content (AvgIpc) is 3.39. The van der Waals surface area contributed by atoms with Crippen LogP contribution < -0.4 is 9.47 Å². The largest absolute Gasteiger partial charge is 0.493 e. The predicted octanol–water partition coefficient (Wildman–Crippen LogP) is 4.75. The van der Waals surface area contributed by atoms with Gasteiger partial charge in [-0.25, -0.2) is 3.97 Å². The summed E-state index contributed by atoms with van der Waals surface area (Å²) in [6.45, 7) is 4.12. The lowest BCUT2D eigenvalue weighted by Gasteiger charge is -2.28. The predicted molar refractivity (Wildman–Crippen MR) is 140 cm³/mol. The van der Waals surface area contributed by atoms with Crippen LogP contribution in [-0.2, 0) is 16.6 Å². The number of nitriles is 1. The Bertz CT molecular complexity index is 1670. The van der Waals surface area contributed by atoms with Crippen molar-refractivity contribution in [3.63, 3.8) is 0 Å². The summed E-state index contributed by atoms with van der Waals surface area (Å²) in [6, 6.07) is 13.8. The summed E-state index contributed by atoms with van der Waals surface area (Å²) in [4.78, 5) is 0. The second-order valence-electron chi connectivity index (χ2n) is 9.23. The van der Waals surface area contributed by atoms with Gasteiger partial charge >= 0.3 is 10.2 Å². The van der Waals surface area contributed by atoms with Crippen molar-refractivity contribution < 1.29 is 17.9 Å². The second-order valence-corrected chi connectivity index (χ2v) is 11.2. The van der Waals surface area contributed by atoms with E-state index in [9.17, 15) is 13.7 Å². The maximum atomic E-state index is 13.2. The molecule has 4 aromatic rings. The molecule has 2 aromatic heterocycles. The van der Waals surface area contributed by atoms with Crippen LogP contribution in [0.2, 0.25) is 0 Å². The van der Waals surface area contributed by atoms with Crippen molar-refractivity contribution in [2.75, 3.05) is 28.3 Å². The molecule has 1 aliphatic rings. The van der Waals surface area contributed by atoms with Crippen LogP contribution in [0.15, 0.2) is 42.6 Å². The van der Waals surface area contributed by atoms with Crippen molar-refractivity contribution in [3.05, 3.63) is 59.4 Å². The summed E-state index contributed by atoms with van der Waals surface area (Å²) in [5, 5.41) is 11.2. The van der Waals surface area contributed by atoms with Crippen LogP contribution in [0, 0.1) is 18.3 Å². The highest BCUT2D eigenvalue weighted by atomic mass is 32.2. The Balaban J connectivity index is 1.87. The number of benzene rings is 2. The monoisotopic (exact) mass is 504 g/mol. The number of hydrogen-bond donors (Lipinski definition) is 0. The van der Waals surface area contributed by atoms with E-state index in [1.807, 2.05) is 37.3 Å². The first kappa shape index (κ1) is 24.0. The normalized spacial score (nSPS) is 15.0. The maximum absolute atomic E-state index is 13.2. The van der Waals surface area contributed by atoms with Crippen molar-refractivity contribution in [3.8, 4) is 40.0 Å². The molecule has 0 bridgehead atoms. The Hall–Kier alpha value is -3.74. The van der Waals surface area contributed by atoms with Gasteiger partial charge in [-0.3, -0.25) is 0 Å². The highest BCUT2D eigenvalue weighted by molar-refractivity contribution is 7.87. The van der Waals surface area contributed by atoms with Gasteiger partial charge in [-0.1, -0.05) is 18.2 Å². The van der Waals surface area contributed by atoms with Crippen molar-refractivity contribution in [2.45, 2.75) is 26.3 Å². The zero-order valence-electron chi connectivity index (χ0n) is 21.2. The van der Waals surface area contributed by atoms with Gasteiger partial charge in [0.05, 0.1) is 31.0 Å². The third kappa shape index (κ3) is 3.25. The van der Waals surface area contributed by atoms with Crippen molar-refractivity contribution in [1.82, 2.24) is 12.8 Å². The Morgan fingerprint density at radius 2 is 1.75 bits per heavy atom. The van der Waals surface area contributed by atoms with Crippen LogP contribution in [0.1, 0.15) is 29.8 Å². The third-order valence-electron chi connectivity index (χ3n) is 7.04. The molecule has 0 N–H and O–H groups in total. The Labute approximate surface area is 211 Å². The number of para-hydroxylation sites is 1. The highest BCUT2D eigenvalue weighted by Crippen LogP contribution is 2.48. The van der Waals surface area contributed by atoms with Gasteiger partial charge in [-0.2, -0.15) is 18.0 Å². The first-order valence-corrected chi connectivity index (χ1v) is 13.0. The Kier molecular flexibility index (Phi) is 5.62. The minimum absolute atomic E-state index is 0.0882. The molecule has 0 radical (unpaired) electrons. The quantitative estimate of drug-likeness (QED) is 0.391. The molecular formula is C27H28N4O4S. The molecule has 3 heterocycles. The molecular weight excluding hydrogens is 476 g/mol. The van der Waals surface area contributed by atoms with E-state index in [1.54, 1.807) is 26.5 Å². The highest BCUT2D eigenvalue weighted by Gasteiger charge is 2.33. The van der Waals surface area contributed by atoms with Crippen LogP contribution >= 0.6 is 0 Å². The van der Waals surface area contributed by atoms with Crippen molar-refractivity contribution >= 4 is 21.1 Å². The lowest BCUT2D eigenvalue weighted by Crippen LogP contribution is -2.28. The fourth-order valence-electron chi connectivity index (χ4n) is 5.40. The molecule has 1 atom stereocenters. The average molecular weight is 505 g/mol. The van der Waals surface area contributed by atoms with Gasteiger partial charge in [0.15, 0.2) is 11.5 Å². The first-order valence-electron chi connectivity index (χ1n) is 11.6. The number of ether oxygens (including phenoxy) is 2. The number of aromatic nitrogens is 2. The molecule has 0 saturated heterocycles. The molecule has 36 heavy (non-hydrogen) atoms. The zero-order chi connectivity index (χ0) is 25.9. The number of methoxy groups -OCH3 is 2. The summed E-state index contributed by atoms with van der Waals surface area (Å²) in [7, 11) is 2.45. The summed E-state index contributed by atoms with van der Waals surface area (Å²) in [6.07, 6.45) is 2.40. The molecule has 0 spiro atoms. The van der Waals surface area contributed by atoms with Crippen LogP contribution in [0.25, 0.3) is 33.3 Å². The van der Waals surface area contributed by atoms with Crippen LogP contribution in [0.5, 0.6) is 11.5 Å². The standard InChI is InChI=1S/C27H28N4O4S/c1-16-11-18-12-24(34-5)25(35-6)13-20(18)27-21(14-28)26(17(2)31(16)27)22-15-30(36(32,33)29(3)4)23-10-8-7-9-19(22)23/h7-10,12-13,15-16H,11H2,1-6H3. The summed E-state index contributed by atoms with van der Waals surface area (Å²) in [5.41, 5.74) is 6.25. The molecule has 5 rings (SSSR count). The van der Waals surface area contributed by atoms with E-state index in [1.165, 1.54) is 22.4 Å². The fourth-order valence-corrected chi connectivity index (χ4v) is 6.40. The molecule has 186 valence electrons. The number of hydrogen-bond acceptors (Lipinski definition) is 5. The number of rotatable bonds is 5. The molecule has 8 nitrogen and oxygen atoms in total. The molecule has 1 unspecified atom stereocenters. The van der Waals surface area contributed by atoms with Gasteiger partial charge in [0, 0.05) is 54.1 Å². The van der Waals surface area contributed by atoms with E-state index in [0.29, 0.717) is 28.1 Å². The summed E-state index contributed by atoms with van der Waals surface area (Å²) in [5.74, 6) is 1.24. The van der Waals surface area contributed by atoms with E-state index in [0.717, 1.165) is 39.9 Å². The van der Waals surface area contributed by atoms with E-state index in [2.05, 4.69) is 17.6 Å². The Morgan fingerprint density at radius 1 is 1.08 bits per heavy atom. The number of fused-ring (bicyclic) bond motifs is 4. The van der Waals surface area contributed by atoms with Crippen LogP contribution in [0.4, 0.5) is 0 Å². The molecule has 9 heteroatoms. The topological polar surface area (TPSA) is 89.5 Å². The minimum Gasteiger partial charge on any atom is -0.493 e. The van der Waals surface area contributed by atoms with Gasteiger partial charge in [-0.05, 0) is 44.0 Å². The molecule has 2 aromatic carbocycles. The van der Waals surface area contributed by atoms with E-state index in [-0.39, 0.29) is 6.04 Å². The van der Waals surface area contributed by atoms with Crippen molar-refractivity contribution in [2.24, 2.45) is 0 Å². The molecule has 0 saturated carbocycles. The van der Waals surface area contributed by atoms with E-state index < -0.39 is 10.2 Å². The van der Waals surface area contributed by atoms with Crippen LogP contribution in [-0.4, -0.2) is 49.6 Å². The number of nitrogens with zero attached hydrogens (tertiary/aromatic N) is 4. The Morgan fingerprint density at radius 3 is 2.39 bits per heavy atom. The van der Waals surface area contributed by atoms with Gasteiger partial charge in [0.1, 0.15) is 6.07 Å². The van der Waals surface area contributed by atoms with Gasteiger partial charge in [0.25, 0.3) is 0 Å². The van der Waals surface area contributed by atoms with Gasteiger partial charge in [-0.15, -0.1) is 0 Å². The van der Waals surface area contributed by atoms with Crippen LogP contribution in [0.3, 0.4) is 0 Å². The van der Waals surface area contributed by atoms with E-state index in [4.69, 9.17) is 9.47 Å². The molecule has 1 aliphatic heterocycles. The third-order valence-corrected chi connectivity index (χ3v) is 8.76. The summed E-state index contributed by atoms with van der Waals surface area (Å²) >= 11 is 0. The molecule has 0 amide bonds. The maximum Gasteiger partial charge on any atom is 0.307 e. The van der Waals surface area contributed by atoms with Gasteiger partial charge in [0.2, 0.25) is 0 Å². The van der Waals surface area contributed by atoms with E-state index >= 15 is 0 Å². The first-order chi connectivity index (χ1) is 17.1. The zero-order valence-corrected chi connectivity index (χ0v) is 22.0. The summed E-state index contributed by atoms with van der Waals surface area (Å²) < 4.78 is 42.1. The molecule has 0 fully saturated rings. The second kappa shape index (κ2) is 8.43. The fraction of sp³-hybridized carbons (Fsp3) is 0.296. The van der Waals surface area contributed by atoms with Crippen molar-refractivity contribution in [1.29, 1.82) is 5.26 Å². The van der Waals surface area contributed by atoms with Gasteiger partial charge < -0.3 is 14.0 Å². The SMILES string of the molecule is COc1cc2c(cc1OC)-c1c(C#N)c(-c3cn(S(=O)(=O)N(C)C)c4ccccc34)c(C)n1C(C)C2. The lowest BCUT2D eigenvalue weighted by molar-refractivity contribution is 0.354.